The second kappa shape index (κ2) is 4.79. The fourth-order valence-electron chi connectivity index (χ4n) is 2.40. The molecule has 17 heavy (non-hydrogen) atoms. The van der Waals surface area contributed by atoms with E-state index >= 15 is 0 Å². The van der Waals surface area contributed by atoms with Gasteiger partial charge in [0.1, 0.15) is 0 Å². The first-order valence-corrected chi connectivity index (χ1v) is 5.63. The second-order valence-corrected chi connectivity index (χ2v) is 4.07. The Labute approximate surface area is 101 Å². The van der Waals surface area contributed by atoms with Crippen LogP contribution in [0.2, 0.25) is 6.32 Å². The summed E-state index contributed by atoms with van der Waals surface area (Å²) in [4.78, 5) is 0. The SMILES string of the molecule is N#CB1CCc2c1cccc2C(/C=C\N)=C/N. The number of nitrogens with two attached hydrogens (primary N) is 2. The van der Waals surface area contributed by atoms with Gasteiger partial charge in [0.15, 0.2) is 0 Å². The van der Waals surface area contributed by atoms with E-state index in [1.807, 2.05) is 18.2 Å². The molecule has 1 heterocycles. The highest BCUT2D eigenvalue weighted by molar-refractivity contribution is 6.81. The molecule has 2 rings (SSSR count). The van der Waals surface area contributed by atoms with Crippen LogP contribution in [0.1, 0.15) is 11.1 Å². The topological polar surface area (TPSA) is 75.8 Å². The Kier molecular flexibility index (Phi) is 3.20. The Balaban J connectivity index is 2.52. The van der Waals surface area contributed by atoms with E-state index < -0.39 is 0 Å². The van der Waals surface area contributed by atoms with Crippen molar-refractivity contribution in [2.45, 2.75) is 12.7 Å². The number of nitrogens with zero attached hydrogens (tertiary/aromatic N) is 1. The standard InChI is InChI=1S/C13H14BN3/c15-7-5-10(8-16)11-2-1-3-13-12(11)4-6-14(13)9-17/h1-3,5,7-8H,4,6,15-16H2/b7-5-,10-8+. The zero-order valence-electron chi connectivity index (χ0n) is 9.56. The molecule has 1 aromatic rings. The lowest BCUT2D eigenvalue weighted by molar-refractivity contribution is 1.16. The summed E-state index contributed by atoms with van der Waals surface area (Å²) in [6.45, 7) is 0.0193. The Morgan fingerprint density at radius 3 is 2.88 bits per heavy atom. The second-order valence-electron chi connectivity index (χ2n) is 4.07. The van der Waals surface area contributed by atoms with E-state index in [9.17, 15) is 0 Å². The summed E-state index contributed by atoms with van der Waals surface area (Å²) in [6.07, 6.45) is 6.65. The Bertz CT molecular complexity index is 526. The van der Waals surface area contributed by atoms with Crippen molar-refractivity contribution in [3.05, 3.63) is 47.8 Å². The maximum atomic E-state index is 9.08. The van der Waals surface area contributed by atoms with E-state index in [1.165, 1.54) is 11.8 Å². The first-order chi connectivity index (χ1) is 8.31. The molecule has 0 spiro atoms. The van der Waals surface area contributed by atoms with E-state index in [4.69, 9.17) is 16.7 Å². The predicted molar refractivity (Wildman–Crippen MR) is 71.4 cm³/mol. The number of rotatable bonds is 2. The Hall–Kier alpha value is -2.15. The van der Waals surface area contributed by atoms with Gasteiger partial charge in [-0.3, -0.25) is 0 Å². The van der Waals surface area contributed by atoms with Crippen molar-refractivity contribution >= 4 is 17.7 Å². The average molecular weight is 223 g/mol. The Morgan fingerprint density at radius 2 is 2.24 bits per heavy atom. The molecular formula is C13H14BN3. The average Bonchev–Trinajstić information content (AvgIpc) is 2.79. The Morgan fingerprint density at radius 1 is 1.41 bits per heavy atom. The monoisotopic (exact) mass is 223 g/mol. The summed E-state index contributed by atoms with van der Waals surface area (Å²) in [5, 5.41) is 9.08. The van der Waals surface area contributed by atoms with Gasteiger partial charge in [0.25, 0.3) is 0 Å². The lowest BCUT2D eigenvalue weighted by Gasteiger charge is -2.09. The first-order valence-electron chi connectivity index (χ1n) is 5.63. The molecule has 0 unspecified atom stereocenters. The molecule has 0 radical (unpaired) electrons. The number of allylic oxidation sites excluding steroid dienone is 2. The summed E-state index contributed by atoms with van der Waals surface area (Å²) in [7, 11) is 0. The molecule has 1 aliphatic heterocycles. The molecule has 0 saturated carbocycles. The number of hydrogen-bond donors (Lipinski definition) is 2. The van der Waals surface area contributed by atoms with Crippen molar-refractivity contribution in [2.75, 3.05) is 0 Å². The maximum Gasteiger partial charge on any atom is 0.300 e. The van der Waals surface area contributed by atoms with Crippen molar-refractivity contribution in [1.29, 1.82) is 5.26 Å². The fraction of sp³-hybridized carbons (Fsp3) is 0.154. The number of nitriles is 1. The third-order valence-corrected chi connectivity index (χ3v) is 3.19. The summed E-state index contributed by atoms with van der Waals surface area (Å²) in [5.74, 6) is 2.34. The van der Waals surface area contributed by atoms with Gasteiger partial charge in [-0.1, -0.05) is 30.0 Å². The van der Waals surface area contributed by atoms with Gasteiger partial charge >= 0.3 is 6.71 Å². The minimum atomic E-state index is 0.0193. The van der Waals surface area contributed by atoms with Gasteiger partial charge in [0, 0.05) is 12.2 Å². The molecule has 0 fully saturated rings. The first kappa shape index (κ1) is 11.3. The van der Waals surface area contributed by atoms with Gasteiger partial charge in [-0.2, -0.15) is 0 Å². The molecule has 4 heteroatoms. The van der Waals surface area contributed by atoms with Crippen LogP contribution >= 0.6 is 0 Å². The van der Waals surface area contributed by atoms with Crippen LogP contribution in [-0.4, -0.2) is 6.71 Å². The van der Waals surface area contributed by atoms with Crippen molar-refractivity contribution in [2.24, 2.45) is 11.5 Å². The molecule has 1 aliphatic rings. The molecular weight excluding hydrogens is 209 g/mol. The zero-order chi connectivity index (χ0) is 12.3. The normalized spacial score (nSPS) is 15.0. The van der Waals surface area contributed by atoms with Gasteiger partial charge < -0.3 is 11.5 Å². The van der Waals surface area contributed by atoms with Crippen molar-refractivity contribution in [1.82, 2.24) is 0 Å². The van der Waals surface area contributed by atoms with Crippen molar-refractivity contribution < 1.29 is 0 Å². The molecule has 1 aromatic carbocycles. The molecule has 0 bridgehead atoms. The van der Waals surface area contributed by atoms with Gasteiger partial charge in [-0.25, -0.2) is 5.26 Å². The minimum Gasteiger partial charge on any atom is -0.405 e. The van der Waals surface area contributed by atoms with E-state index in [2.05, 4.69) is 5.97 Å². The summed E-state index contributed by atoms with van der Waals surface area (Å²) < 4.78 is 0. The third kappa shape index (κ3) is 1.92. The van der Waals surface area contributed by atoms with E-state index in [1.54, 1.807) is 12.3 Å². The highest BCUT2D eigenvalue weighted by Gasteiger charge is 2.28. The van der Waals surface area contributed by atoms with Crippen LogP contribution in [0.5, 0.6) is 0 Å². The quantitative estimate of drug-likeness (QED) is 0.574. The molecule has 4 N–H and O–H groups in total. The summed E-state index contributed by atoms with van der Waals surface area (Å²) in [5.41, 5.74) is 15.4. The van der Waals surface area contributed by atoms with E-state index in [-0.39, 0.29) is 6.71 Å². The van der Waals surface area contributed by atoms with Crippen LogP contribution < -0.4 is 16.9 Å². The van der Waals surface area contributed by atoms with Gasteiger partial charge in [-0.05, 0) is 35.4 Å². The number of fused-ring (bicyclic) bond motifs is 1. The van der Waals surface area contributed by atoms with Crippen LogP contribution in [0.4, 0.5) is 0 Å². The highest BCUT2D eigenvalue weighted by atomic mass is 14.5. The summed E-state index contributed by atoms with van der Waals surface area (Å²) in [6, 6.07) is 6.02. The minimum absolute atomic E-state index is 0.0193. The van der Waals surface area contributed by atoms with Gasteiger partial charge in [0.05, 0.1) is 0 Å². The smallest absolute Gasteiger partial charge is 0.300 e. The van der Waals surface area contributed by atoms with Crippen LogP contribution in [-0.2, 0) is 6.42 Å². The van der Waals surface area contributed by atoms with E-state index in [0.717, 1.165) is 29.3 Å². The van der Waals surface area contributed by atoms with Crippen molar-refractivity contribution in [3.8, 4) is 5.97 Å². The van der Waals surface area contributed by atoms with Crippen LogP contribution in [0.25, 0.3) is 5.57 Å². The van der Waals surface area contributed by atoms with Crippen molar-refractivity contribution in [3.63, 3.8) is 0 Å². The molecule has 0 aliphatic carbocycles. The molecule has 3 nitrogen and oxygen atoms in total. The molecule has 0 atom stereocenters. The van der Waals surface area contributed by atoms with Crippen LogP contribution in [0.3, 0.4) is 0 Å². The van der Waals surface area contributed by atoms with Crippen LogP contribution in [0, 0.1) is 11.2 Å². The van der Waals surface area contributed by atoms with E-state index in [0.29, 0.717) is 0 Å². The molecule has 84 valence electrons. The summed E-state index contributed by atoms with van der Waals surface area (Å²) >= 11 is 0. The number of hydrogen-bond acceptors (Lipinski definition) is 3. The zero-order valence-corrected chi connectivity index (χ0v) is 9.56. The van der Waals surface area contributed by atoms with Crippen LogP contribution in [0.15, 0.2) is 36.7 Å². The molecule has 0 amide bonds. The number of benzene rings is 1. The van der Waals surface area contributed by atoms with Gasteiger partial charge in [0.2, 0.25) is 0 Å². The lowest BCUT2D eigenvalue weighted by Crippen LogP contribution is -2.25. The maximum absolute atomic E-state index is 9.08. The van der Waals surface area contributed by atoms with Gasteiger partial charge in [-0.15, -0.1) is 0 Å². The predicted octanol–water partition coefficient (Wildman–Crippen LogP) is 0.779. The highest BCUT2D eigenvalue weighted by Crippen LogP contribution is 2.24. The lowest BCUT2D eigenvalue weighted by atomic mass is 9.47. The largest absolute Gasteiger partial charge is 0.405 e. The third-order valence-electron chi connectivity index (χ3n) is 3.19. The fourth-order valence-corrected chi connectivity index (χ4v) is 2.40. The molecule has 0 aromatic heterocycles. The molecule has 0 saturated heterocycles.